The van der Waals surface area contributed by atoms with Gasteiger partial charge >= 0.3 is 0 Å². The van der Waals surface area contributed by atoms with Crippen LogP contribution in [0.15, 0.2) is 267 Å². The number of para-hydroxylation sites is 2. The monoisotopic (exact) mass is 988 g/mol. The van der Waals surface area contributed by atoms with E-state index in [0.717, 1.165) is 0 Å². The van der Waals surface area contributed by atoms with Gasteiger partial charge in [-0.05, 0) is 140 Å². The van der Waals surface area contributed by atoms with Gasteiger partial charge in [0.15, 0.2) is 16.1 Å². The SMILES string of the molecule is CC(C)(C)c1cc2c3c(c1)N(c1ccc4c(c1)[Si](c1ccccc1)(c1ccccc1)c1ccccc1-4)c1ccccc1B3c1ccccc1N2c1ccc2c(c1)[Si](c1ccccc1)(c1ccccc1)c1ccccc1-2. The standard InChI is InChI=1S/C70H53BN2Si2/c1-70(2,3)48-44-63-69-64(45-48)73(50-41-43-58-56-33-17-23-39-66(56)75(68(58)47-50,53-28-12-6-13-29-53)54-30-14-7-15-31-54)62-37-21-19-35-60(62)71(69)59-34-18-20-36-61(59)72(63)49-40-42-57-55-32-16-22-38-65(55)74(67(57)46-49,51-24-8-4-9-25-51)52-26-10-5-11-27-52/h4-47H,1-3H3. The summed E-state index contributed by atoms with van der Waals surface area (Å²) in [6.45, 7) is 7.14. The third kappa shape index (κ3) is 6.14. The molecule has 0 N–H and O–H groups in total. The summed E-state index contributed by atoms with van der Waals surface area (Å²) >= 11 is 0. The summed E-state index contributed by atoms with van der Waals surface area (Å²) in [5.74, 6) is 0. The van der Waals surface area contributed by atoms with Gasteiger partial charge in [-0.15, -0.1) is 0 Å². The highest BCUT2D eigenvalue weighted by molar-refractivity contribution is 7.23. The highest BCUT2D eigenvalue weighted by Gasteiger charge is 2.52. The lowest BCUT2D eigenvalue weighted by atomic mass is 9.33. The zero-order chi connectivity index (χ0) is 50.0. The second-order valence-electron chi connectivity index (χ2n) is 21.9. The maximum absolute atomic E-state index is 2.79. The maximum Gasteiger partial charge on any atom is 0.252 e. The second-order valence-corrected chi connectivity index (χ2v) is 29.4. The molecule has 0 fully saturated rings. The fourth-order valence-corrected chi connectivity index (χ4v) is 24.4. The number of fused-ring (bicyclic) bond motifs is 10. The molecule has 5 heteroatoms. The lowest BCUT2D eigenvalue weighted by molar-refractivity contribution is 0.590. The summed E-state index contributed by atoms with van der Waals surface area (Å²) in [7, 11) is -5.58. The van der Waals surface area contributed by atoms with E-state index in [1.807, 2.05) is 0 Å². The van der Waals surface area contributed by atoms with E-state index in [-0.39, 0.29) is 12.1 Å². The van der Waals surface area contributed by atoms with Gasteiger partial charge in [-0.25, -0.2) is 0 Å². The molecule has 15 rings (SSSR count). The van der Waals surface area contributed by atoms with Crippen LogP contribution in [-0.4, -0.2) is 22.9 Å². The molecule has 0 unspecified atom stereocenters. The number of rotatable bonds is 6. The van der Waals surface area contributed by atoms with Crippen molar-refractivity contribution in [2.75, 3.05) is 9.80 Å². The van der Waals surface area contributed by atoms with Gasteiger partial charge in [0.25, 0.3) is 6.71 Å². The molecule has 0 bridgehead atoms. The summed E-state index contributed by atoms with van der Waals surface area (Å²) in [6.07, 6.45) is 0. The molecule has 75 heavy (non-hydrogen) atoms. The first-order valence-corrected chi connectivity index (χ1v) is 30.5. The third-order valence-electron chi connectivity index (χ3n) is 17.2. The van der Waals surface area contributed by atoms with Crippen LogP contribution in [-0.2, 0) is 5.41 Å². The van der Waals surface area contributed by atoms with E-state index in [4.69, 9.17) is 0 Å². The van der Waals surface area contributed by atoms with E-state index in [1.54, 1.807) is 0 Å². The molecule has 2 nitrogen and oxygen atoms in total. The van der Waals surface area contributed by atoms with Crippen LogP contribution in [0.5, 0.6) is 0 Å². The first-order chi connectivity index (χ1) is 36.9. The summed E-state index contributed by atoms with van der Waals surface area (Å²) in [6, 6.07) is 103. The molecule has 0 atom stereocenters. The van der Waals surface area contributed by atoms with Crippen molar-refractivity contribution in [2.24, 2.45) is 0 Å². The minimum atomic E-state index is -2.79. The molecule has 4 heterocycles. The van der Waals surface area contributed by atoms with Crippen LogP contribution in [0.25, 0.3) is 22.3 Å². The topological polar surface area (TPSA) is 6.48 Å². The summed E-state index contributed by atoms with van der Waals surface area (Å²) in [5, 5.41) is 11.4. The number of nitrogens with zero attached hydrogens (tertiary/aromatic N) is 2. The Labute approximate surface area is 443 Å². The van der Waals surface area contributed by atoms with E-state index < -0.39 is 16.1 Å². The molecule has 4 aliphatic rings. The van der Waals surface area contributed by atoms with Crippen molar-refractivity contribution in [3.05, 3.63) is 272 Å². The predicted molar refractivity (Wildman–Crippen MR) is 324 cm³/mol. The minimum absolute atomic E-state index is 0.0190. The van der Waals surface area contributed by atoms with Crippen molar-refractivity contribution >= 4 is 115 Å². The van der Waals surface area contributed by atoms with Crippen molar-refractivity contribution in [2.45, 2.75) is 26.2 Å². The molecule has 0 saturated heterocycles. The number of hydrogen-bond acceptors (Lipinski definition) is 2. The van der Waals surface area contributed by atoms with Gasteiger partial charge < -0.3 is 9.80 Å². The fraction of sp³-hybridized carbons (Fsp3) is 0.0571. The Kier molecular flexibility index (Phi) is 9.70. The summed E-state index contributed by atoms with van der Waals surface area (Å²) < 4.78 is 0. The van der Waals surface area contributed by atoms with Gasteiger partial charge in [0.2, 0.25) is 0 Å². The summed E-state index contributed by atoms with van der Waals surface area (Å²) in [5.41, 5.74) is 17.8. The Morgan fingerprint density at radius 3 is 1.03 bits per heavy atom. The van der Waals surface area contributed by atoms with Gasteiger partial charge in [-0.2, -0.15) is 0 Å². The molecule has 0 spiro atoms. The van der Waals surface area contributed by atoms with Gasteiger partial charge in [0.05, 0.1) is 0 Å². The normalized spacial score (nSPS) is 14.7. The Morgan fingerprint density at radius 1 is 0.307 bits per heavy atom. The van der Waals surface area contributed by atoms with Crippen molar-refractivity contribution in [3.8, 4) is 22.3 Å². The number of anilines is 6. The zero-order valence-electron chi connectivity index (χ0n) is 42.4. The van der Waals surface area contributed by atoms with Crippen LogP contribution in [0.1, 0.15) is 26.3 Å². The van der Waals surface area contributed by atoms with Gasteiger partial charge in [0.1, 0.15) is 0 Å². The van der Waals surface area contributed by atoms with Gasteiger partial charge in [0, 0.05) is 34.1 Å². The largest absolute Gasteiger partial charge is 0.311 e. The number of hydrogen-bond donors (Lipinski definition) is 0. The van der Waals surface area contributed by atoms with Crippen LogP contribution in [0.4, 0.5) is 34.1 Å². The first-order valence-electron chi connectivity index (χ1n) is 26.5. The van der Waals surface area contributed by atoms with E-state index in [9.17, 15) is 0 Å². The molecule has 11 aromatic carbocycles. The smallest absolute Gasteiger partial charge is 0.252 e. The summed E-state index contributed by atoms with van der Waals surface area (Å²) in [4.78, 5) is 5.26. The second kappa shape index (κ2) is 16.5. The van der Waals surface area contributed by atoms with Gasteiger partial charge in [-0.3, -0.25) is 0 Å². The van der Waals surface area contributed by atoms with E-state index >= 15 is 0 Å². The van der Waals surface area contributed by atoms with Crippen molar-refractivity contribution < 1.29 is 0 Å². The number of benzene rings is 11. The first kappa shape index (κ1) is 44.0. The lowest BCUT2D eigenvalue weighted by Crippen LogP contribution is -2.72. The average molecular weight is 989 g/mol. The molecule has 11 aromatic rings. The van der Waals surface area contributed by atoms with E-state index in [1.165, 1.54) is 120 Å². The van der Waals surface area contributed by atoms with Crippen LogP contribution in [0.3, 0.4) is 0 Å². The van der Waals surface area contributed by atoms with Gasteiger partial charge in [-0.1, -0.05) is 239 Å². The van der Waals surface area contributed by atoms with E-state index in [0.29, 0.717) is 0 Å². The molecular weight excluding hydrogens is 936 g/mol. The molecule has 4 aliphatic heterocycles. The Balaban J connectivity index is 1.00. The molecule has 0 amide bonds. The molecule has 354 valence electrons. The quantitative estimate of drug-likeness (QED) is 0.153. The van der Waals surface area contributed by atoms with E-state index in [2.05, 4.69) is 297 Å². The highest BCUT2D eigenvalue weighted by atomic mass is 28.3. The maximum atomic E-state index is 2.63. The Morgan fingerprint density at radius 2 is 0.640 bits per heavy atom. The minimum Gasteiger partial charge on any atom is -0.311 e. The van der Waals surface area contributed by atoms with Crippen LogP contribution >= 0.6 is 0 Å². The highest BCUT2D eigenvalue weighted by Crippen LogP contribution is 2.47. The van der Waals surface area contributed by atoms with Crippen molar-refractivity contribution in [1.29, 1.82) is 0 Å². The molecule has 0 aromatic heterocycles. The molecular formula is C70H53BN2Si2. The van der Waals surface area contributed by atoms with Crippen molar-refractivity contribution in [1.82, 2.24) is 0 Å². The lowest BCUT2D eigenvalue weighted by Gasteiger charge is -2.45. The Bertz CT molecular complexity index is 3740. The van der Waals surface area contributed by atoms with Crippen LogP contribution in [0, 0.1) is 0 Å². The van der Waals surface area contributed by atoms with Crippen molar-refractivity contribution in [3.63, 3.8) is 0 Å². The van der Waals surface area contributed by atoms with Crippen LogP contribution in [0.2, 0.25) is 0 Å². The fourth-order valence-electron chi connectivity index (χ4n) is 14.0. The molecule has 0 aliphatic carbocycles. The predicted octanol–water partition coefficient (Wildman–Crippen LogP) is 9.78. The average Bonchev–Trinajstić information content (AvgIpc) is 3.97. The third-order valence-corrected chi connectivity index (χ3v) is 26.9. The zero-order valence-corrected chi connectivity index (χ0v) is 44.4. The Hall–Kier alpha value is -8.48. The van der Waals surface area contributed by atoms with Crippen LogP contribution < -0.4 is 67.7 Å². The molecule has 0 saturated carbocycles. The molecule has 0 radical (unpaired) electrons.